The first kappa shape index (κ1) is 14.1. The smallest absolute Gasteiger partial charge is 0.270 e. The molecule has 0 spiro atoms. The molecule has 1 unspecified atom stereocenters. The summed E-state index contributed by atoms with van der Waals surface area (Å²) in [6, 6.07) is 4.08. The Hall–Kier alpha value is -1.32. The van der Waals surface area contributed by atoms with Crippen LogP contribution in [0.4, 0.5) is 0 Å². The van der Waals surface area contributed by atoms with E-state index in [0.29, 0.717) is 25.4 Å². The first-order valence-corrected chi connectivity index (χ1v) is 7.00. The van der Waals surface area contributed by atoms with Crippen LogP contribution < -0.4 is 0 Å². The fourth-order valence-electron chi connectivity index (χ4n) is 2.12. The summed E-state index contributed by atoms with van der Waals surface area (Å²) in [7, 11) is 0. The van der Waals surface area contributed by atoms with Gasteiger partial charge in [-0.15, -0.1) is 0 Å². The first-order valence-electron chi connectivity index (χ1n) is 6.20. The molecule has 1 saturated heterocycles. The van der Waals surface area contributed by atoms with E-state index in [2.05, 4.69) is 22.0 Å². The van der Waals surface area contributed by atoms with Crippen molar-refractivity contribution in [3.05, 3.63) is 22.4 Å². The summed E-state index contributed by atoms with van der Waals surface area (Å²) in [5.74, 6) is -0.0528. The zero-order valence-electron chi connectivity index (χ0n) is 11.0. The van der Waals surface area contributed by atoms with Crippen molar-refractivity contribution in [2.45, 2.75) is 26.0 Å². The number of rotatable bonds is 2. The van der Waals surface area contributed by atoms with E-state index in [1.54, 1.807) is 4.90 Å². The zero-order chi connectivity index (χ0) is 14.0. The summed E-state index contributed by atoms with van der Waals surface area (Å²) < 4.78 is 8.07. The molecule has 1 aromatic heterocycles. The van der Waals surface area contributed by atoms with Crippen molar-refractivity contribution in [2.24, 2.45) is 0 Å². The number of hydrogen-bond donors (Lipinski definition) is 0. The SMILES string of the molecule is CC(C)n1cc(Br)cc1C(=O)N1CCOC(C#N)C1. The van der Waals surface area contributed by atoms with E-state index in [1.165, 1.54) is 0 Å². The van der Waals surface area contributed by atoms with Gasteiger partial charge in [0.15, 0.2) is 6.10 Å². The van der Waals surface area contributed by atoms with Gasteiger partial charge in [-0.2, -0.15) is 5.26 Å². The average molecular weight is 326 g/mol. The highest BCUT2D eigenvalue weighted by Gasteiger charge is 2.27. The first-order chi connectivity index (χ1) is 9.02. The van der Waals surface area contributed by atoms with Crippen molar-refractivity contribution >= 4 is 21.8 Å². The number of nitriles is 1. The van der Waals surface area contributed by atoms with Gasteiger partial charge in [0.25, 0.3) is 5.91 Å². The molecule has 1 atom stereocenters. The summed E-state index contributed by atoms with van der Waals surface area (Å²) in [6.07, 6.45) is 1.38. The quantitative estimate of drug-likeness (QED) is 0.837. The molecule has 102 valence electrons. The molecule has 0 aliphatic carbocycles. The molecule has 1 aliphatic heterocycles. The Kier molecular flexibility index (Phi) is 4.27. The molecule has 2 heterocycles. The number of carbonyl (C=O) groups excluding carboxylic acids is 1. The number of amides is 1. The zero-order valence-corrected chi connectivity index (χ0v) is 12.6. The molecule has 0 bridgehead atoms. The standard InChI is InChI=1S/C13H16BrN3O2/c1-9(2)17-7-10(14)5-12(17)13(18)16-3-4-19-11(6-15)8-16/h5,7,9,11H,3-4,8H2,1-2H3. The molecule has 0 radical (unpaired) electrons. The van der Waals surface area contributed by atoms with Gasteiger partial charge in [-0.25, -0.2) is 0 Å². The van der Waals surface area contributed by atoms with Gasteiger partial charge < -0.3 is 14.2 Å². The van der Waals surface area contributed by atoms with Gasteiger partial charge in [-0.05, 0) is 35.8 Å². The maximum atomic E-state index is 12.5. The Morgan fingerprint density at radius 1 is 1.63 bits per heavy atom. The van der Waals surface area contributed by atoms with Gasteiger partial charge in [0.05, 0.1) is 19.2 Å². The Bertz CT molecular complexity index is 518. The van der Waals surface area contributed by atoms with Crippen molar-refractivity contribution in [1.82, 2.24) is 9.47 Å². The van der Waals surface area contributed by atoms with Crippen molar-refractivity contribution < 1.29 is 9.53 Å². The predicted molar refractivity (Wildman–Crippen MR) is 73.8 cm³/mol. The summed E-state index contributed by atoms with van der Waals surface area (Å²) in [4.78, 5) is 14.2. The van der Waals surface area contributed by atoms with Crippen LogP contribution in [-0.4, -0.2) is 41.2 Å². The van der Waals surface area contributed by atoms with Crippen LogP contribution in [0.25, 0.3) is 0 Å². The van der Waals surface area contributed by atoms with Gasteiger partial charge >= 0.3 is 0 Å². The number of aromatic nitrogens is 1. The minimum Gasteiger partial charge on any atom is -0.360 e. The minimum atomic E-state index is -0.524. The highest BCUT2D eigenvalue weighted by molar-refractivity contribution is 9.10. The van der Waals surface area contributed by atoms with Gasteiger partial charge in [0.1, 0.15) is 5.69 Å². The topological polar surface area (TPSA) is 58.3 Å². The monoisotopic (exact) mass is 325 g/mol. The molecule has 19 heavy (non-hydrogen) atoms. The number of nitrogens with zero attached hydrogens (tertiary/aromatic N) is 3. The van der Waals surface area contributed by atoms with E-state index >= 15 is 0 Å². The molecule has 1 aliphatic rings. The van der Waals surface area contributed by atoms with Crippen molar-refractivity contribution in [3.63, 3.8) is 0 Å². The normalized spacial score (nSPS) is 19.5. The van der Waals surface area contributed by atoms with Gasteiger partial charge in [-0.3, -0.25) is 4.79 Å². The number of morpholine rings is 1. The average Bonchev–Trinajstić information content (AvgIpc) is 2.80. The van der Waals surface area contributed by atoms with Crippen LogP contribution in [0.1, 0.15) is 30.4 Å². The molecule has 5 nitrogen and oxygen atoms in total. The maximum Gasteiger partial charge on any atom is 0.270 e. The van der Waals surface area contributed by atoms with Crippen LogP contribution in [0.2, 0.25) is 0 Å². The Morgan fingerprint density at radius 2 is 2.37 bits per heavy atom. The fourth-order valence-corrected chi connectivity index (χ4v) is 2.56. The third-order valence-corrected chi connectivity index (χ3v) is 3.52. The number of halogens is 1. The lowest BCUT2D eigenvalue weighted by Crippen LogP contribution is -2.45. The molecule has 0 saturated carbocycles. The molecule has 0 aromatic carbocycles. The van der Waals surface area contributed by atoms with E-state index in [4.69, 9.17) is 10.00 Å². The third-order valence-electron chi connectivity index (χ3n) is 3.09. The molecule has 2 rings (SSSR count). The van der Waals surface area contributed by atoms with Crippen molar-refractivity contribution in [3.8, 4) is 6.07 Å². The highest BCUT2D eigenvalue weighted by atomic mass is 79.9. The second kappa shape index (κ2) is 5.76. The summed E-state index contributed by atoms with van der Waals surface area (Å²) in [5.41, 5.74) is 0.639. The molecule has 1 amide bonds. The molecular formula is C13H16BrN3O2. The number of carbonyl (C=O) groups is 1. The predicted octanol–water partition coefficient (Wildman–Crippen LogP) is 2.20. The van der Waals surface area contributed by atoms with Crippen molar-refractivity contribution in [2.75, 3.05) is 19.7 Å². The van der Waals surface area contributed by atoms with E-state index in [-0.39, 0.29) is 11.9 Å². The Labute approximate surface area is 120 Å². The maximum absolute atomic E-state index is 12.5. The van der Waals surface area contributed by atoms with Crippen LogP contribution in [0.3, 0.4) is 0 Å². The molecule has 0 N–H and O–H groups in total. The second-order valence-electron chi connectivity index (χ2n) is 4.78. The van der Waals surface area contributed by atoms with Crippen molar-refractivity contribution in [1.29, 1.82) is 5.26 Å². The summed E-state index contributed by atoms with van der Waals surface area (Å²) in [5, 5.41) is 8.88. The number of hydrogen-bond acceptors (Lipinski definition) is 3. The minimum absolute atomic E-state index is 0.0528. The molecule has 6 heteroatoms. The lowest BCUT2D eigenvalue weighted by Gasteiger charge is -2.30. The largest absolute Gasteiger partial charge is 0.360 e. The lowest BCUT2D eigenvalue weighted by molar-refractivity contribution is 0.00293. The fraction of sp³-hybridized carbons (Fsp3) is 0.538. The van der Waals surface area contributed by atoms with Gasteiger partial charge in [0, 0.05) is 23.3 Å². The van der Waals surface area contributed by atoms with E-state index in [0.717, 1.165) is 4.47 Å². The third kappa shape index (κ3) is 2.99. The summed E-state index contributed by atoms with van der Waals surface area (Å²) in [6.45, 7) is 5.32. The van der Waals surface area contributed by atoms with E-state index in [9.17, 15) is 4.79 Å². The Morgan fingerprint density at radius 3 is 3.00 bits per heavy atom. The van der Waals surface area contributed by atoms with Crippen LogP contribution in [0, 0.1) is 11.3 Å². The summed E-state index contributed by atoms with van der Waals surface area (Å²) >= 11 is 3.40. The second-order valence-corrected chi connectivity index (χ2v) is 5.70. The van der Waals surface area contributed by atoms with Crippen LogP contribution in [0.5, 0.6) is 0 Å². The number of ether oxygens (including phenoxy) is 1. The van der Waals surface area contributed by atoms with E-state index < -0.39 is 6.10 Å². The Balaban J connectivity index is 2.22. The van der Waals surface area contributed by atoms with Gasteiger partial charge in [-0.1, -0.05) is 0 Å². The molecule has 1 aromatic rings. The highest BCUT2D eigenvalue weighted by Crippen LogP contribution is 2.21. The van der Waals surface area contributed by atoms with Crippen LogP contribution in [-0.2, 0) is 4.74 Å². The van der Waals surface area contributed by atoms with Gasteiger partial charge in [0.2, 0.25) is 0 Å². The molecular weight excluding hydrogens is 310 g/mol. The van der Waals surface area contributed by atoms with Crippen LogP contribution in [0.15, 0.2) is 16.7 Å². The van der Waals surface area contributed by atoms with E-state index in [1.807, 2.05) is 30.7 Å². The van der Waals surface area contributed by atoms with Crippen LogP contribution >= 0.6 is 15.9 Å². The lowest BCUT2D eigenvalue weighted by atomic mass is 10.2. The molecule has 1 fully saturated rings.